The lowest BCUT2D eigenvalue weighted by molar-refractivity contribution is -0.126. The van der Waals surface area contributed by atoms with Crippen LogP contribution in [0.1, 0.15) is 11.6 Å². The van der Waals surface area contributed by atoms with Crippen molar-refractivity contribution in [2.45, 2.75) is 12.1 Å². The predicted molar refractivity (Wildman–Crippen MR) is 133 cm³/mol. The largest absolute Gasteiger partial charge is 0.273 e. The van der Waals surface area contributed by atoms with Crippen molar-refractivity contribution in [3.8, 4) is 0 Å². The van der Waals surface area contributed by atoms with E-state index < -0.39 is 24.0 Å². The Labute approximate surface area is 208 Å². The molecule has 0 N–H and O–H groups in total. The number of imide groups is 1. The Kier molecular flexibility index (Phi) is 5.13. The Morgan fingerprint density at radius 3 is 2.32 bits per heavy atom. The molecule has 0 saturated carbocycles. The molecule has 1 aromatic heterocycles. The van der Waals surface area contributed by atoms with E-state index in [1.807, 2.05) is 60.7 Å². The fourth-order valence-corrected chi connectivity index (χ4v) is 5.21. The van der Waals surface area contributed by atoms with Gasteiger partial charge in [0, 0.05) is 15.4 Å². The van der Waals surface area contributed by atoms with Crippen LogP contribution in [0.25, 0.3) is 10.9 Å². The van der Waals surface area contributed by atoms with E-state index in [2.05, 4.69) is 20.9 Å². The standard InChI is InChI=1S/C26H17BrClN3O3/c27-16-10-12-17(13-11-16)30-25(32)21-22(19-14-15-6-4-5-9-20(15)29-24(19)28)31(34-23(21)26(30)33)18-7-2-1-3-8-18/h1-14,21-23H/t21-,22+,23+/m0/s1. The summed E-state index contributed by atoms with van der Waals surface area (Å²) in [6.45, 7) is 0. The highest BCUT2D eigenvalue weighted by Gasteiger charge is 2.60. The zero-order valence-corrected chi connectivity index (χ0v) is 20.0. The molecule has 2 aliphatic rings. The van der Waals surface area contributed by atoms with Crippen molar-refractivity contribution in [2.24, 2.45) is 5.92 Å². The first-order valence-corrected chi connectivity index (χ1v) is 11.9. The fourth-order valence-electron chi connectivity index (χ4n) is 4.69. The molecule has 0 bridgehead atoms. The molecule has 0 unspecified atom stereocenters. The van der Waals surface area contributed by atoms with Crippen molar-refractivity contribution in [3.63, 3.8) is 0 Å². The summed E-state index contributed by atoms with van der Waals surface area (Å²) in [5.41, 5.74) is 2.62. The minimum absolute atomic E-state index is 0.274. The number of rotatable bonds is 3. The lowest BCUT2D eigenvalue weighted by Crippen LogP contribution is -2.37. The van der Waals surface area contributed by atoms with E-state index >= 15 is 0 Å². The highest BCUT2D eigenvalue weighted by molar-refractivity contribution is 9.10. The summed E-state index contributed by atoms with van der Waals surface area (Å²) in [6.07, 6.45) is -0.969. The van der Waals surface area contributed by atoms with Gasteiger partial charge in [0.05, 0.1) is 22.9 Å². The van der Waals surface area contributed by atoms with Gasteiger partial charge >= 0.3 is 0 Å². The number of halogens is 2. The van der Waals surface area contributed by atoms with E-state index in [0.717, 1.165) is 21.1 Å². The molecule has 0 aliphatic carbocycles. The van der Waals surface area contributed by atoms with E-state index in [1.54, 1.807) is 29.3 Å². The monoisotopic (exact) mass is 533 g/mol. The second-order valence-corrected chi connectivity index (χ2v) is 9.48. The smallest absolute Gasteiger partial charge is 0.266 e. The van der Waals surface area contributed by atoms with Gasteiger partial charge in [-0.3, -0.25) is 14.4 Å². The maximum atomic E-state index is 13.7. The van der Waals surface area contributed by atoms with Gasteiger partial charge in [-0.25, -0.2) is 14.9 Å². The molecular formula is C26H17BrClN3O3. The maximum absolute atomic E-state index is 13.7. The first kappa shape index (κ1) is 21.3. The van der Waals surface area contributed by atoms with Gasteiger partial charge in [0.25, 0.3) is 5.91 Å². The van der Waals surface area contributed by atoms with Gasteiger partial charge in [0.15, 0.2) is 6.10 Å². The average molecular weight is 535 g/mol. The highest BCUT2D eigenvalue weighted by atomic mass is 79.9. The zero-order valence-electron chi connectivity index (χ0n) is 17.6. The third-order valence-corrected chi connectivity index (χ3v) is 7.07. The number of anilines is 2. The summed E-state index contributed by atoms with van der Waals surface area (Å²) < 4.78 is 0.855. The average Bonchev–Trinajstić information content (AvgIpc) is 3.36. The summed E-state index contributed by atoms with van der Waals surface area (Å²) >= 11 is 10.1. The number of aromatic nitrogens is 1. The molecule has 4 aromatic rings. The number of para-hydroxylation sites is 2. The van der Waals surface area contributed by atoms with Gasteiger partial charge in [-0.05, 0) is 48.5 Å². The van der Waals surface area contributed by atoms with E-state index in [4.69, 9.17) is 16.4 Å². The van der Waals surface area contributed by atoms with E-state index in [0.29, 0.717) is 11.3 Å². The Balaban J connectivity index is 1.49. The van der Waals surface area contributed by atoms with Crippen molar-refractivity contribution >= 4 is 61.6 Å². The van der Waals surface area contributed by atoms with Gasteiger partial charge in [0.2, 0.25) is 5.91 Å². The SMILES string of the molecule is O=C1[C@H]2[C@@H](c3cc4ccccc4nc3Cl)N(c3ccccc3)O[C@H]2C(=O)N1c1ccc(Br)cc1. The summed E-state index contributed by atoms with van der Waals surface area (Å²) in [5.74, 6) is -1.51. The van der Waals surface area contributed by atoms with Crippen LogP contribution in [0.2, 0.25) is 5.15 Å². The number of benzene rings is 3. The molecule has 6 rings (SSSR count). The third kappa shape index (κ3) is 3.31. The minimum atomic E-state index is -0.969. The summed E-state index contributed by atoms with van der Waals surface area (Å²) in [4.78, 5) is 39.1. The normalized spacial score (nSPS) is 22.0. The van der Waals surface area contributed by atoms with Crippen LogP contribution in [0.3, 0.4) is 0 Å². The molecule has 6 nitrogen and oxygen atoms in total. The highest BCUT2D eigenvalue weighted by Crippen LogP contribution is 2.49. The number of pyridine rings is 1. The molecule has 3 aromatic carbocycles. The molecule has 2 amide bonds. The molecule has 2 fully saturated rings. The third-order valence-electron chi connectivity index (χ3n) is 6.23. The summed E-state index contributed by atoms with van der Waals surface area (Å²) in [7, 11) is 0. The molecule has 168 valence electrons. The summed E-state index contributed by atoms with van der Waals surface area (Å²) in [6, 6.07) is 25.4. The van der Waals surface area contributed by atoms with Gasteiger partial charge in [-0.1, -0.05) is 63.9 Å². The first-order chi connectivity index (χ1) is 16.5. The van der Waals surface area contributed by atoms with Gasteiger partial charge < -0.3 is 0 Å². The van der Waals surface area contributed by atoms with E-state index in [9.17, 15) is 9.59 Å². The van der Waals surface area contributed by atoms with Crippen LogP contribution < -0.4 is 9.96 Å². The number of hydrogen-bond acceptors (Lipinski definition) is 5. The van der Waals surface area contributed by atoms with Crippen LogP contribution in [0.4, 0.5) is 11.4 Å². The first-order valence-electron chi connectivity index (χ1n) is 10.7. The van der Waals surface area contributed by atoms with Crippen LogP contribution in [0.5, 0.6) is 0 Å². The van der Waals surface area contributed by atoms with Crippen LogP contribution in [0.15, 0.2) is 89.4 Å². The second kappa shape index (κ2) is 8.20. The number of amides is 2. The molecule has 3 atom stereocenters. The van der Waals surface area contributed by atoms with Gasteiger partial charge in [-0.15, -0.1) is 0 Å². The van der Waals surface area contributed by atoms with Crippen LogP contribution in [0, 0.1) is 5.92 Å². The molecule has 2 aliphatic heterocycles. The van der Waals surface area contributed by atoms with Crippen molar-refractivity contribution in [2.75, 3.05) is 9.96 Å². The number of fused-ring (bicyclic) bond motifs is 2. The van der Waals surface area contributed by atoms with Crippen molar-refractivity contribution < 1.29 is 14.4 Å². The molecule has 8 heteroatoms. The number of carbonyl (C=O) groups excluding carboxylic acids is 2. The molecule has 34 heavy (non-hydrogen) atoms. The van der Waals surface area contributed by atoms with Crippen molar-refractivity contribution in [1.29, 1.82) is 0 Å². The molecular weight excluding hydrogens is 518 g/mol. The number of carbonyl (C=O) groups is 2. The topological polar surface area (TPSA) is 62.7 Å². The number of hydrogen-bond donors (Lipinski definition) is 0. The quantitative estimate of drug-likeness (QED) is 0.249. The van der Waals surface area contributed by atoms with Crippen LogP contribution in [-0.4, -0.2) is 22.9 Å². The second-order valence-electron chi connectivity index (χ2n) is 8.21. The molecule has 0 radical (unpaired) electrons. The maximum Gasteiger partial charge on any atom is 0.266 e. The molecule has 2 saturated heterocycles. The zero-order chi connectivity index (χ0) is 23.4. The summed E-state index contributed by atoms with van der Waals surface area (Å²) in [5, 5.41) is 2.79. The number of hydroxylamine groups is 1. The van der Waals surface area contributed by atoms with Gasteiger partial charge in [0.1, 0.15) is 11.1 Å². The van der Waals surface area contributed by atoms with Crippen molar-refractivity contribution in [1.82, 2.24) is 4.98 Å². The van der Waals surface area contributed by atoms with Crippen molar-refractivity contribution in [3.05, 3.63) is 100 Å². The predicted octanol–water partition coefficient (Wildman–Crippen LogP) is 5.70. The Hall–Kier alpha value is -3.26. The number of nitrogens with zero attached hydrogens (tertiary/aromatic N) is 3. The molecule has 0 spiro atoms. The van der Waals surface area contributed by atoms with E-state index in [-0.39, 0.29) is 11.1 Å². The Morgan fingerprint density at radius 2 is 1.56 bits per heavy atom. The van der Waals surface area contributed by atoms with Gasteiger partial charge in [-0.2, -0.15) is 0 Å². The lowest BCUT2D eigenvalue weighted by Gasteiger charge is -2.29. The van der Waals surface area contributed by atoms with E-state index in [1.165, 1.54) is 4.90 Å². The van der Waals surface area contributed by atoms with Crippen LogP contribution >= 0.6 is 27.5 Å². The lowest BCUT2D eigenvalue weighted by atomic mass is 9.90. The fraction of sp³-hybridized carbons (Fsp3) is 0.115. The molecule has 3 heterocycles. The Morgan fingerprint density at radius 1 is 0.853 bits per heavy atom. The van der Waals surface area contributed by atoms with Crippen LogP contribution in [-0.2, 0) is 14.4 Å². The minimum Gasteiger partial charge on any atom is -0.273 e. The Bertz CT molecular complexity index is 1430.